The molecule has 5 rings (SSSR count). The largest absolute Gasteiger partial charge is 0.465 e. The molecule has 1 N–H and O–H groups in total. The number of aryl methyl sites for hydroxylation is 2. The van der Waals surface area contributed by atoms with Crippen molar-refractivity contribution in [2.45, 2.75) is 63.7 Å². The molecule has 0 aromatic heterocycles. The minimum atomic E-state index is -1.30. The maximum Gasteiger partial charge on any atom is 0.313 e. The van der Waals surface area contributed by atoms with Gasteiger partial charge in [-0.15, -0.1) is 0 Å². The number of rotatable bonds is 5. The van der Waals surface area contributed by atoms with Gasteiger partial charge < -0.3 is 24.4 Å². The summed E-state index contributed by atoms with van der Waals surface area (Å²) in [6, 6.07) is 5.04. The van der Waals surface area contributed by atoms with Crippen molar-refractivity contribution in [2.75, 3.05) is 31.2 Å². The van der Waals surface area contributed by atoms with Crippen LogP contribution in [-0.4, -0.2) is 71.3 Å². The summed E-state index contributed by atoms with van der Waals surface area (Å²) in [4.78, 5) is 45.3. The SMILES string of the molecule is Cc1ccc(C)c(N2CC=C[C@]34O[C@@]5(C)/C=C\CCCOC(=O)[C@H]5[C@H]3C(=O)N(CCCCO)C4C2=O)c1. The number of carbonyl (C=O) groups excluding carboxylic acids is 3. The Morgan fingerprint density at radius 1 is 1.05 bits per heavy atom. The Bertz CT molecular complexity index is 1160. The summed E-state index contributed by atoms with van der Waals surface area (Å²) >= 11 is 0. The topological polar surface area (TPSA) is 96.4 Å². The summed E-state index contributed by atoms with van der Waals surface area (Å²) in [5, 5.41) is 9.37. The Kier molecular flexibility index (Phi) is 6.75. The summed E-state index contributed by atoms with van der Waals surface area (Å²) in [5.74, 6) is -2.72. The standard InChI is InChI=1S/C29H36N2O6/c1-19-10-11-20(2)21(18-19)30-15-9-13-29-22(25(33)31(14-6-7-16-32)24(29)26(30)34)23-27(35)36-17-8-4-5-12-28(23,3)37-29/h5,9-13,18,22-24,32H,4,6-8,14-17H2,1-3H3/b12-5-/t22-,23+,24?,28-,29-/m0/s1. The number of cyclic esters (lactones) is 1. The van der Waals surface area contributed by atoms with Crippen LogP contribution in [0, 0.1) is 25.7 Å². The number of benzene rings is 1. The second-order valence-electron chi connectivity index (χ2n) is 10.8. The number of ether oxygens (including phenoxy) is 2. The predicted molar refractivity (Wildman–Crippen MR) is 138 cm³/mol. The van der Waals surface area contributed by atoms with Crippen LogP contribution in [0.5, 0.6) is 0 Å². The number of anilines is 1. The van der Waals surface area contributed by atoms with Gasteiger partial charge in [0.2, 0.25) is 5.91 Å². The Morgan fingerprint density at radius 2 is 1.86 bits per heavy atom. The fourth-order valence-corrected chi connectivity index (χ4v) is 6.49. The Hall–Kier alpha value is -2.97. The molecule has 2 saturated heterocycles. The number of allylic oxidation sites excluding steroid dienone is 1. The number of amides is 2. The summed E-state index contributed by atoms with van der Waals surface area (Å²) in [6.45, 7) is 6.67. The molecule has 2 fully saturated rings. The average molecular weight is 509 g/mol. The summed E-state index contributed by atoms with van der Waals surface area (Å²) in [6.07, 6.45) is 10.1. The number of unbranched alkanes of at least 4 members (excludes halogenated alkanes) is 1. The Morgan fingerprint density at radius 3 is 2.65 bits per heavy atom. The van der Waals surface area contributed by atoms with Crippen molar-refractivity contribution in [3.05, 3.63) is 53.6 Å². The lowest BCUT2D eigenvalue weighted by atomic mass is 9.74. The molecule has 0 bridgehead atoms. The highest BCUT2D eigenvalue weighted by atomic mass is 16.6. The molecule has 8 heteroatoms. The first kappa shape index (κ1) is 25.7. The van der Waals surface area contributed by atoms with Gasteiger partial charge in [-0.2, -0.15) is 0 Å². The number of aliphatic hydroxyl groups is 1. The van der Waals surface area contributed by atoms with E-state index in [4.69, 9.17) is 9.47 Å². The number of fused-ring (bicyclic) bond motifs is 2. The van der Waals surface area contributed by atoms with Gasteiger partial charge in [0, 0.05) is 25.4 Å². The highest BCUT2D eigenvalue weighted by Crippen LogP contribution is 2.57. The quantitative estimate of drug-likeness (QED) is 0.373. The minimum Gasteiger partial charge on any atom is -0.465 e. The molecule has 1 unspecified atom stereocenters. The lowest BCUT2D eigenvalue weighted by Gasteiger charge is -2.37. The van der Waals surface area contributed by atoms with Crippen molar-refractivity contribution >= 4 is 23.5 Å². The number of esters is 1. The highest BCUT2D eigenvalue weighted by molar-refractivity contribution is 6.06. The smallest absolute Gasteiger partial charge is 0.313 e. The van der Waals surface area contributed by atoms with Crippen molar-refractivity contribution in [2.24, 2.45) is 11.8 Å². The molecule has 5 atom stereocenters. The second-order valence-corrected chi connectivity index (χ2v) is 10.8. The normalized spacial score (nSPS) is 34.2. The Labute approximate surface area is 217 Å². The monoisotopic (exact) mass is 508 g/mol. The molecule has 0 aliphatic carbocycles. The number of hydrogen-bond donors (Lipinski definition) is 1. The maximum atomic E-state index is 14.4. The molecule has 1 aromatic rings. The third-order valence-corrected chi connectivity index (χ3v) is 8.21. The molecule has 4 heterocycles. The van der Waals surface area contributed by atoms with E-state index < -0.39 is 35.0 Å². The first-order valence-corrected chi connectivity index (χ1v) is 13.3. The third-order valence-electron chi connectivity index (χ3n) is 8.21. The van der Waals surface area contributed by atoms with Gasteiger partial charge in [-0.25, -0.2) is 0 Å². The molecular weight excluding hydrogens is 472 g/mol. The number of likely N-dealkylation sites (tertiary alicyclic amines) is 1. The highest BCUT2D eigenvalue weighted by Gasteiger charge is 2.74. The lowest BCUT2D eigenvalue weighted by molar-refractivity contribution is -0.158. The van der Waals surface area contributed by atoms with Crippen LogP contribution in [-0.2, 0) is 23.9 Å². The molecular formula is C29H36N2O6. The van der Waals surface area contributed by atoms with Gasteiger partial charge in [0.15, 0.2) is 0 Å². The van der Waals surface area contributed by atoms with Crippen LogP contribution in [0.25, 0.3) is 0 Å². The van der Waals surface area contributed by atoms with E-state index in [1.54, 1.807) is 9.80 Å². The minimum absolute atomic E-state index is 0.00194. The van der Waals surface area contributed by atoms with Crippen LogP contribution in [0.15, 0.2) is 42.5 Å². The number of aliphatic hydroxyl groups excluding tert-OH is 1. The molecule has 0 saturated carbocycles. The Balaban J connectivity index is 1.64. The van der Waals surface area contributed by atoms with Crippen LogP contribution < -0.4 is 4.90 Å². The molecule has 8 nitrogen and oxygen atoms in total. The fourth-order valence-electron chi connectivity index (χ4n) is 6.49. The van der Waals surface area contributed by atoms with Crippen LogP contribution >= 0.6 is 0 Å². The van der Waals surface area contributed by atoms with Crippen molar-refractivity contribution < 1.29 is 29.0 Å². The van der Waals surface area contributed by atoms with Crippen molar-refractivity contribution in [3.8, 4) is 0 Å². The zero-order valence-corrected chi connectivity index (χ0v) is 21.8. The van der Waals surface area contributed by atoms with E-state index in [0.29, 0.717) is 32.4 Å². The van der Waals surface area contributed by atoms with E-state index in [0.717, 1.165) is 23.2 Å². The van der Waals surface area contributed by atoms with Crippen molar-refractivity contribution in [1.82, 2.24) is 4.90 Å². The summed E-state index contributed by atoms with van der Waals surface area (Å²) in [7, 11) is 0. The molecule has 0 radical (unpaired) electrons. The van der Waals surface area contributed by atoms with Crippen LogP contribution in [0.2, 0.25) is 0 Å². The number of carbonyl (C=O) groups is 3. The third kappa shape index (κ3) is 4.10. The summed E-state index contributed by atoms with van der Waals surface area (Å²) in [5.41, 5.74) is 0.394. The van der Waals surface area contributed by atoms with Crippen LogP contribution in [0.4, 0.5) is 5.69 Å². The lowest BCUT2D eigenvalue weighted by Crippen LogP contribution is -2.56. The van der Waals surface area contributed by atoms with E-state index in [9.17, 15) is 19.5 Å². The maximum absolute atomic E-state index is 14.4. The second kappa shape index (κ2) is 9.72. The van der Waals surface area contributed by atoms with E-state index in [1.807, 2.05) is 63.3 Å². The first-order chi connectivity index (χ1) is 17.7. The predicted octanol–water partition coefficient (Wildman–Crippen LogP) is 2.84. The van der Waals surface area contributed by atoms with Crippen LogP contribution in [0.1, 0.15) is 43.7 Å². The van der Waals surface area contributed by atoms with Gasteiger partial charge >= 0.3 is 5.97 Å². The van der Waals surface area contributed by atoms with Gasteiger partial charge in [-0.05, 0) is 63.6 Å². The molecule has 1 spiro atoms. The molecule has 1 aromatic carbocycles. The average Bonchev–Trinajstić information content (AvgIpc) is 3.20. The zero-order chi connectivity index (χ0) is 26.4. The van der Waals surface area contributed by atoms with Crippen LogP contribution in [0.3, 0.4) is 0 Å². The van der Waals surface area contributed by atoms with E-state index in [1.165, 1.54) is 0 Å². The zero-order valence-electron chi connectivity index (χ0n) is 21.8. The van der Waals surface area contributed by atoms with Gasteiger partial charge in [-0.3, -0.25) is 14.4 Å². The molecule has 198 valence electrons. The van der Waals surface area contributed by atoms with Gasteiger partial charge in [-0.1, -0.05) is 36.4 Å². The van der Waals surface area contributed by atoms with E-state index >= 15 is 0 Å². The number of nitrogens with zero attached hydrogens (tertiary/aromatic N) is 2. The van der Waals surface area contributed by atoms with Crippen molar-refractivity contribution in [1.29, 1.82) is 0 Å². The van der Waals surface area contributed by atoms with E-state index in [-0.39, 0.29) is 25.0 Å². The number of hydrogen-bond acceptors (Lipinski definition) is 6. The van der Waals surface area contributed by atoms with E-state index in [2.05, 4.69) is 0 Å². The van der Waals surface area contributed by atoms with Gasteiger partial charge in [0.1, 0.15) is 17.6 Å². The molecule has 37 heavy (non-hydrogen) atoms. The van der Waals surface area contributed by atoms with Gasteiger partial charge in [0.25, 0.3) is 5.91 Å². The molecule has 4 aliphatic heterocycles. The molecule has 4 aliphatic rings. The molecule has 2 amide bonds. The van der Waals surface area contributed by atoms with Crippen molar-refractivity contribution in [3.63, 3.8) is 0 Å². The van der Waals surface area contributed by atoms with Gasteiger partial charge in [0.05, 0.1) is 18.1 Å². The summed E-state index contributed by atoms with van der Waals surface area (Å²) < 4.78 is 12.4. The first-order valence-electron chi connectivity index (χ1n) is 13.3. The fraction of sp³-hybridized carbons (Fsp3) is 0.552.